The minimum atomic E-state index is -0.978. The third-order valence-corrected chi connectivity index (χ3v) is 3.92. The molecule has 0 atom stereocenters. The van der Waals surface area contributed by atoms with Crippen LogP contribution in [0.15, 0.2) is 57.9 Å². The fourth-order valence-electron chi connectivity index (χ4n) is 1.79. The zero-order valence-corrected chi connectivity index (χ0v) is 14.1. The first-order valence-electron chi connectivity index (χ1n) is 6.28. The number of benzene rings is 2. The van der Waals surface area contributed by atoms with Crippen molar-refractivity contribution in [3.05, 3.63) is 64.1 Å². The Morgan fingerprint density at radius 3 is 2.55 bits per heavy atom. The van der Waals surface area contributed by atoms with E-state index in [2.05, 4.69) is 20.8 Å². The van der Waals surface area contributed by atoms with Crippen molar-refractivity contribution in [2.75, 3.05) is 7.11 Å². The number of halogens is 1. The molecule has 0 unspecified atom stereocenters. The van der Waals surface area contributed by atoms with Crippen LogP contribution in [0.2, 0.25) is 0 Å². The molecule has 2 aromatic rings. The summed E-state index contributed by atoms with van der Waals surface area (Å²) in [6.07, 6.45) is 1.64. The van der Waals surface area contributed by atoms with Gasteiger partial charge in [-0.25, -0.2) is 9.68 Å². The first kappa shape index (κ1) is 16.8. The Morgan fingerprint density at radius 1 is 1.23 bits per heavy atom. The summed E-state index contributed by atoms with van der Waals surface area (Å²) in [6.45, 7) is 0. The molecule has 6 heteroatoms. The van der Waals surface area contributed by atoms with Gasteiger partial charge in [0.05, 0.1) is 24.7 Å². The molecule has 2 aromatic carbocycles. The lowest BCUT2D eigenvalue weighted by atomic mass is 10.0. The zero-order valence-electron chi connectivity index (χ0n) is 11.7. The first-order chi connectivity index (χ1) is 10.6. The number of hydrogen-bond donors (Lipinski definition) is 1. The minimum absolute atomic E-state index is 0.224. The highest BCUT2D eigenvalue weighted by Crippen LogP contribution is 2.24. The van der Waals surface area contributed by atoms with Crippen LogP contribution >= 0.6 is 28.0 Å². The molecule has 0 aliphatic rings. The Kier molecular flexibility index (Phi) is 6.21. The van der Waals surface area contributed by atoms with Gasteiger partial charge < -0.3 is 5.11 Å². The van der Waals surface area contributed by atoms with Gasteiger partial charge >= 0.3 is 5.97 Å². The molecule has 0 saturated carbocycles. The maximum absolute atomic E-state index is 11.5. The van der Waals surface area contributed by atoms with Gasteiger partial charge in [0.1, 0.15) is 0 Å². The van der Waals surface area contributed by atoms with Crippen molar-refractivity contribution >= 4 is 45.6 Å². The number of rotatable bonds is 6. The van der Waals surface area contributed by atoms with Crippen molar-refractivity contribution in [1.29, 1.82) is 0 Å². The average molecular weight is 381 g/mol. The Hall–Kier alpha value is -1.60. The molecule has 4 nitrogen and oxygen atoms in total. The van der Waals surface area contributed by atoms with Gasteiger partial charge in [-0.1, -0.05) is 40.2 Å². The van der Waals surface area contributed by atoms with E-state index in [0.29, 0.717) is 5.56 Å². The molecule has 0 spiro atoms. The second-order valence-corrected chi connectivity index (χ2v) is 5.95. The lowest BCUT2D eigenvalue weighted by Gasteiger charge is -2.05. The molecule has 0 bridgehead atoms. The lowest BCUT2D eigenvalue weighted by molar-refractivity contribution is -0.160. The molecule has 0 amide bonds. The van der Waals surface area contributed by atoms with E-state index in [0.717, 1.165) is 27.0 Å². The van der Waals surface area contributed by atoms with Crippen LogP contribution in [0.5, 0.6) is 0 Å². The molecule has 1 N–H and O–H groups in total. The quantitative estimate of drug-likeness (QED) is 0.259. The largest absolute Gasteiger partial charge is 0.478 e. The van der Waals surface area contributed by atoms with Gasteiger partial charge in [-0.15, -0.1) is 0 Å². The van der Waals surface area contributed by atoms with Crippen LogP contribution in [0.3, 0.4) is 0 Å². The minimum Gasteiger partial charge on any atom is -0.478 e. The fourth-order valence-corrected chi connectivity index (χ4v) is 2.61. The maximum Gasteiger partial charge on any atom is 0.336 e. The topological polar surface area (TPSA) is 55.8 Å². The predicted molar refractivity (Wildman–Crippen MR) is 90.0 cm³/mol. The van der Waals surface area contributed by atoms with E-state index < -0.39 is 5.97 Å². The molecular formula is C16H13BrO4S. The van der Waals surface area contributed by atoms with Crippen LogP contribution in [-0.2, 0) is 14.0 Å². The predicted octanol–water partition coefficient (Wildman–Crippen LogP) is 4.66. The third-order valence-electron chi connectivity index (χ3n) is 2.75. The van der Waals surface area contributed by atoms with Gasteiger partial charge in [-0.3, -0.25) is 0 Å². The Bertz CT molecular complexity index is 683. The van der Waals surface area contributed by atoms with Gasteiger partial charge in [0.2, 0.25) is 0 Å². The molecule has 0 aliphatic heterocycles. The van der Waals surface area contributed by atoms with Crippen LogP contribution in [0.1, 0.15) is 11.1 Å². The van der Waals surface area contributed by atoms with E-state index in [1.54, 1.807) is 30.3 Å². The standard InChI is InChI=1S/C16H13BrO4S/c1-20-21-22-14-7-5-12(6-8-14)15(16(18)19)10-11-3-2-4-13(17)9-11/h2-10H,1H3,(H,18,19). The number of carbonyl (C=O) groups is 1. The van der Waals surface area contributed by atoms with Crippen molar-refractivity contribution in [2.24, 2.45) is 0 Å². The fraction of sp³-hybridized carbons (Fsp3) is 0.0625. The molecular weight excluding hydrogens is 368 g/mol. The molecule has 2 rings (SSSR count). The smallest absolute Gasteiger partial charge is 0.336 e. The summed E-state index contributed by atoms with van der Waals surface area (Å²) in [5.41, 5.74) is 1.66. The highest BCUT2D eigenvalue weighted by Gasteiger charge is 2.11. The van der Waals surface area contributed by atoms with E-state index >= 15 is 0 Å². The monoisotopic (exact) mass is 380 g/mol. The second-order valence-electron chi connectivity index (χ2n) is 4.26. The Balaban J connectivity index is 2.30. The summed E-state index contributed by atoms with van der Waals surface area (Å²) in [6, 6.07) is 14.5. The summed E-state index contributed by atoms with van der Waals surface area (Å²) in [4.78, 5) is 16.8. The number of hydrogen-bond acceptors (Lipinski definition) is 4. The molecule has 0 saturated heterocycles. The summed E-state index contributed by atoms with van der Waals surface area (Å²) >= 11 is 4.43. The first-order valence-corrected chi connectivity index (χ1v) is 7.82. The normalized spacial score (nSPS) is 11.5. The molecule has 0 heterocycles. The summed E-state index contributed by atoms with van der Waals surface area (Å²) < 4.78 is 5.65. The number of aliphatic carboxylic acids is 1. The van der Waals surface area contributed by atoms with E-state index in [9.17, 15) is 9.90 Å². The third kappa shape index (κ3) is 4.71. The lowest BCUT2D eigenvalue weighted by Crippen LogP contribution is -1.99. The van der Waals surface area contributed by atoms with Gasteiger partial charge in [-0.05, 0) is 41.5 Å². The molecule has 0 fully saturated rings. The maximum atomic E-state index is 11.5. The molecule has 0 aliphatic carbocycles. The van der Waals surface area contributed by atoms with Crippen LogP contribution in [0.25, 0.3) is 11.6 Å². The van der Waals surface area contributed by atoms with Crippen molar-refractivity contribution in [3.8, 4) is 0 Å². The summed E-state index contributed by atoms with van der Waals surface area (Å²) in [5.74, 6) is -0.978. The van der Waals surface area contributed by atoms with Crippen molar-refractivity contribution in [2.45, 2.75) is 4.90 Å². The van der Waals surface area contributed by atoms with E-state index in [1.165, 1.54) is 7.11 Å². The summed E-state index contributed by atoms with van der Waals surface area (Å²) in [7, 11) is 1.42. The molecule has 0 radical (unpaired) electrons. The van der Waals surface area contributed by atoms with Gasteiger partial charge in [0, 0.05) is 9.37 Å². The molecule has 22 heavy (non-hydrogen) atoms. The number of carboxylic acids is 1. The van der Waals surface area contributed by atoms with Crippen molar-refractivity contribution in [3.63, 3.8) is 0 Å². The molecule has 0 aromatic heterocycles. The average Bonchev–Trinajstić information content (AvgIpc) is 2.51. The van der Waals surface area contributed by atoms with E-state index in [-0.39, 0.29) is 5.57 Å². The van der Waals surface area contributed by atoms with Crippen LogP contribution in [0, 0.1) is 0 Å². The Labute approximate surface area is 141 Å². The van der Waals surface area contributed by atoms with Gasteiger partial charge in [0.25, 0.3) is 0 Å². The van der Waals surface area contributed by atoms with Crippen LogP contribution in [0.4, 0.5) is 0 Å². The Morgan fingerprint density at radius 2 is 1.95 bits per heavy atom. The SMILES string of the molecule is COOSc1ccc(C(=Cc2cccc(Br)c2)C(=O)O)cc1. The zero-order chi connectivity index (χ0) is 15.9. The highest BCUT2D eigenvalue weighted by molar-refractivity contribution is 9.10. The van der Waals surface area contributed by atoms with Gasteiger partial charge in [0.15, 0.2) is 0 Å². The summed E-state index contributed by atoms with van der Waals surface area (Å²) in [5, 5.41) is 9.44. The highest BCUT2D eigenvalue weighted by atomic mass is 79.9. The molecule has 114 valence electrons. The van der Waals surface area contributed by atoms with Crippen molar-refractivity contribution in [1.82, 2.24) is 0 Å². The van der Waals surface area contributed by atoms with Crippen LogP contribution in [-0.4, -0.2) is 18.2 Å². The second kappa shape index (κ2) is 8.14. The van der Waals surface area contributed by atoms with E-state index in [4.69, 9.17) is 4.33 Å². The van der Waals surface area contributed by atoms with Gasteiger partial charge in [-0.2, -0.15) is 4.33 Å². The van der Waals surface area contributed by atoms with Crippen LogP contribution < -0.4 is 0 Å². The number of carboxylic acid groups (broad SMARTS) is 1. The van der Waals surface area contributed by atoms with E-state index in [1.807, 2.05) is 24.3 Å². The van der Waals surface area contributed by atoms with Crippen molar-refractivity contribution < 1.29 is 19.1 Å².